The van der Waals surface area contributed by atoms with Crippen LogP contribution in [0.15, 0.2) is 0 Å². The summed E-state index contributed by atoms with van der Waals surface area (Å²) in [6.45, 7) is 9.17. The Morgan fingerprint density at radius 3 is 2.68 bits per heavy atom. The number of hydrogen-bond acceptors (Lipinski definition) is 3. The molecule has 0 spiro atoms. The Hall–Kier alpha value is -0.590. The van der Waals surface area contributed by atoms with Gasteiger partial charge in [-0.25, -0.2) is 0 Å². The second kappa shape index (κ2) is 6.24. The highest BCUT2D eigenvalue weighted by molar-refractivity contribution is 5.07. The minimum absolute atomic E-state index is 0.314. The van der Waals surface area contributed by atoms with Crippen LogP contribution >= 0.6 is 0 Å². The summed E-state index contributed by atoms with van der Waals surface area (Å²) < 4.78 is 0. The second-order valence-corrected chi connectivity index (χ2v) is 6.86. The van der Waals surface area contributed by atoms with E-state index >= 15 is 0 Å². The number of hydrogen-bond donors (Lipinski definition) is 1. The van der Waals surface area contributed by atoms with Gasteiger partial charge in [0, 0.05) is 12.1 Å². The highest BCUT2D eigenvalue weighted by atomic mass is 15.2. The van der Waals surface area contributed by atoms with E-state index in [0.29, 0.717) is 12.1 Å². The lowest BCUT2D eigenvalue weighted by atomic mass is 9.91. The zero-order valence-corrected chi connectivity index (χ0v) is 12.8. The van der Waals surface area contributed by atoms with Crippen molar-refractivity contribution in [1.29, 1.82) is 5.26 Å². The van der Waals surface area contributed by atoms with Crippen LogP contribution in [0, 0.1) is 17.2 Å². The minimum atomic E-state index is -0.314. The molecule has 1 saturated carbocycles. The molecule has 1 aliphatic carbocycles. The Morgan fingerprint density at radius 1 is 1.32 bits per heavy atom. The van der Waals surface area contributed by atoms with Crippen LogP contribution < -0.4 is 5.32 Å². The molecule has 2 aliphatic rings. The maximum Gasteiger partial charge on any atom is 0.104 e. The average molecular weight is 263 g/mol. The summed E-state index contributed by atoms with van der Waals surface area (Å²) in [5.74, 6) is 0.820. The molecule has 19 heavy (non-hydrogen) atoms. The molecule has 3 nitrogen and oxygen atoms in total. The lowest BCUT2D eigenvalue weighted by Crippen LogP contribution is -2.45. The topological polar surface area (TPSA) is 39.1 Å². The minimum Gasteiger partial charge on any atom is -0.300 e. The number of piperidine rings is 1. The molecule has 2 rings (SSSR count). The van der Waals surface area contributed by atoms with E-state index in [0.717, 1.165) is 25.3 Å². The van der Waals surface area contributed by atoms with Crippen molar-refractivity contribution in [3.05, 3.63) is 0 Å². The predicted octanol–water partition coefficient (Wildman–Crippen LogP) is 2.92. The molecule has 1 N–H and O–H groups in total. The second-order valence-electron chi connectivity index (χ2n) is 6.86. The third kappa shape index (κ3) is 4.19. The number of likely N-dealkylation sites (tertiary alicyclic amines) is 1. The molecule has 0 aromatic rings. The maximum absolute atomic E-state index is 9.37. The lowest BCUT2D eigenvalue weighted by Gasteiger charge is -2.38. The van der Waals surface area contributed by atoms with Gasteiger partial charge in [-0.1, -0.05) is 6.92 Å². The molecule has 0 amide bonds. The fraction of sp³-hybridized carbons (Fsp3) is 0.938. The van der Waals surface area contributed by atoms with E-state index < -0.39 is 0 Å². The molecule has 0 aromatic heterocycles. The Bertz CT molecular complexity index is 331. The molecule has 3 atom stereocenters. The summed E-state index contributed by atoms with van der Waals surface area (Å²) in [4.78, 5) is 2.61. The number of nitrogens with one attached hydrogen (secondary N) is 1. The third-order valence-corrected chi connectivity index (χ3v) is 4.97. The molecular formula is C16H29N3. The smallest absolute Gasteiger partial charge is 0.104 e. The van der Waals surface area contributed by atoms with Crippen LogP contribution in [0.5, 0.6) is 0 Å². The van der Waals surface area contributed by atoms with Crippen LogP contribution in [0.3, 0.4) is 0 Å². The van der Waals surface area contributed by atoms with Crippen molar-refractivity contribution in [1.82, 2.24) is 10.2 Å². The van der Waals surface area contributed by atoms with Gasteiger partial charge in [-0.3, -0.25) is 5.32 Å². The van der Waals surface area contributed by atoms with Crippen molar-refractivity contribution in [3.63, 3.8) is 0 Å². The van der Waals surface area contributed by atoms with E-state index in [1.807, 2.05) is 0 Å². The normalized spacial score (nSPS) is 31.7. The van der Waals surface area contributed by atoms with E-state index in [9.17, 15) is 5.26 Å². The van der Waals surface area contributed by atoms with Crippen LogP contribution in [-0.2, 0) is 0 Å². The zero-order chi connectivity index (χ0) is 13.9. The quantitative estimate of drug-likeness (QED) is 0.801. The molecule has 2 fully saturated rings. The fourth-order valence-electron chi connectivity index (χ4n) is 3.21. The van der Waals surface area contributed by atoms with E-state index in [2.05, 4.69) is 37.1 Å². The maximum atomic E-state index is 9.37. The van der Waals surface area contributed by atoms with Gasteiger partial charge in [0.15, 0.2) is 0 Å². The van der Waals surface area contributed by atoms with Crippen molar-refractivity contribution in [2.75, 3.05) is 13.1 Å². The van der Waals surface area contributed by atoms with Gasteiger partial charge >= 0.3 is 0 Å². The van der Waals surface area contributed by atoms with E-state index in [-0.39, 0.29) is 5.54 Å². The number of rotatable bonds is 6. The zero-order valence-electron chi connectivity index (χ0n) is 12.8. The lowest BCUT2D eigenvalue weighted by molar-refractivity contribution is 0.110. The molecule has 0 bridgehead atoms. The van der Waals surface area contributed by atoms with Gasteiger partial charge in [0.1, 0.15) is 5.54 Å². The largest absolute Gasteiger partial charge is 0.300 e. The van der Waals surface area contributed by atoms with Crippen LogP contribution in [0.25, 0.3) is 0 Å². The summed E-state index contributed by atoms with van der Waals surface area (Å²) in [5.41, 5.74) is -0.314. The Balaban J connectivity index is 1.73. The molecule has 108 valence electrons. The predicted molar refractivity (Wildman–Crippen MR) is 78.8 cm³/mol. The summed E-state index contributed by atoms with van der Waals surface area (Å²) in [7, 11) is 0. The highest BCUT2D eigenvalue weighted by Crippen LogP contribution is 2.26. The first kappa shape index (κ1) is 14.8. The molecular weight excluding hydrogens is 234 g/mol. The van der Waals surface area contributed by atoms with Crippen LogP contribution in [-0.4, -0.2) is 35.6 Å². The van der Waals surface area contributed by atoms with Gasteiger partial charge in [0.2, 0.25) is 0 Å². The first-order chi connectivity index (χ1) is 9.04. The highest BCUT2D eigenvalue weighted by Gasteiger charge is 2.32. The molecule has 3 unspecified atom stereocenters. The van der Waals surface area contributed by atoms with Crippen molar-refractivity contribution in [2.45, 2.75) is 76.9 Å². The average Bonchev–Trinajstić information content (AvgIpc) is 3.18. The SMILES string of the molecule is CC1CCCN(CCCC(C)(C#N)NC2CC2)C1C. The van der Waals surface area contributed by atoms with Gasteiger partial charge < -0.3 is 4.90 Å². The number of nitrogens with zero attached hydrogens (tertiary/aromatic N) is 2. The van der Waals surface area contributed by atoms with Gasteiger partial charge in [0.25, 0.3) is 0 Å². The van der Waals surface area contributed by atoms with Crippen molar-refractivity contribution in [3.8, 4) is 6.07 Å². The summed E-state index contributed by atoms with van der Waals surface area (Å²) in [6, 6.07) is 3.79. The van der Waals surface area contributed by atoms with Crippen LogP contribution in [0.1, 0.15) is 59.3 Å². The van der Waals surface area contributed by atoms with Gasteiger partial charge in [-0.05, 0) is 71.4 Å². The molecule has 0 aromatic carbocycles. The molecule has 3 heteroatoms. The van der Waals surface area contributed by atoms with Gasteiger partial charge in [0.05, 0.1) is 6.07 Å². The molecule has 1 saturated heterocycles. The van der Waals surface area contributed by atoms with Crippen molar-refractivity contribution in [2.24, 2.45) is 5.92 Å². The Labute approximate surface area is 118 Å². The van der Waals surface area contributed by atoms with E-state index in [1.165, 1.54) is 32.2 Å². The Morgan fingerprint density at radius 2 is 2.05 bits per heavy atom. The van der Waals surface area contributed by atoms with Gasteiger partial charge in [-0.15, -0.1) is 0 Å². The molecule has 1 heterocycles. The summed E-state index contributed by atoms with van der Waals surface area (Å²) in [5, 5.41) is 12.9. The van der Waals surface area contributed by atoms with E-state index in [4.69, 9.17) is 0 Å². The third-order valence-electron chi connectivity index (χ3n) is 4.97. The standard InChI is InChI=1S/C16H29N3/c1-13-6-4-10-19(14(13)2)11-5-9-16(3,12-17)18-15-7-8-15/h13-15,18H,4-11H2,1-3H3. The van der Waals surface area contributed by atoms with E-state index in [1.54, 1.807) is 0 Å². The van der Waals surface area contributed by atoms with Crippen LogP contribution in [0.4, 0.5) is 0 Å². The summed E-state index contributed by atoms with van der Waals surface area (Å²) >= 11 is 0. The van der Waals surface area contributed by atoms with Crippen molar-refractivity contribution >= 4 is 0 Å². The summed E-state index contributed by atoms with van der Waals surface area (Å²) in [6.07, 6.45) is 7.30. The Kier molecular flexibility index (Phi) is 4.86. The first-order valence-electron chi connectivity index (χ1n) is 7.97. The molecule has 0 radical (unpaired) electrons. The van der Waals surface area contributed by atoms with Crippen molar-refractivity contribution < 1.29 is 0 Å². The monoisotopic (exact) mass is 263 g/mol. The fourth-order valence-corrected chi connectivity index (χ4v) is 3.21. The van der Waals surface area contributed by atoms with Gasteiger partial charge in [-0.2, -0.15) is 5.26 Å². The molecule has 1 aliphatic heterocycles. The van der Waals surface area contributed by atoms with Crippen LogP contribution in [0.2, 0.25) is 0 Å². The first-order valence-corrected chi connectivity index (χ1v) is 7.97. The number of nitriles is 1.